The summed E-state index contributed by atoms with van der Waals surface area (Å²) in [5.74, 6) is -1.53. The quantitative estimate of drug-likeness (QED) is 0.144. The van der Waals surface area contributed by atoms with Gasteiger partial charge in [0.1, 0.15) is 21.7 Å². The van der Waals surface area contributed by atoms with E-state index in [9.17, 15) is 19.8 Å². The summed E-state index contributed by atoms with van der Waals surface area (Å²) in [5, 5.41) is 26.6. The normalized spacial score (nSPS) is 11.4. The van der Waals surface area contributed by atoms with Crippen LogP contribution >= 0.6 is 31.9 Å². The van der Waals surface area contributed by atoms with Crippen LogP contribution in [-0.4, -0.2) is 41.3 Å². The van der Waals surface area contributed by atoms with E-state index in [1.165, 1.54) is 12.3 Å². The lowest BCUT2D eigenvalue weighted by molar-refractivity contribution is -0.117. The van der Waals surface area contributed by atoms with Crippen molar-refractivity contribution < 1.29 is 19.8 Å². The number of phenols is 2. The molecule has 3 aromatic carbocycles. The molecule has 2 amide bonds. The number of benzene rings is 3. The third-order valence-electron chi connectivity index (χ3n) is 5.43. The van der Waals surface area contributed by atoms with Crippen LogP contribution in [0.2, 0.25) is 0 Å². The summed E-state index contributed by atoms with van der Waals surface area (Å²) in [5.41, 5.74) is 4.75. The van der Waals surface area contributed by atoms with Crippen molar-refractivity contribution in [2.75, 3.05) is 18.0 Å². The summed E-state index contributed by atoms with van der Waals surface area (Å²) in [6, 6.07) is 17.6. The molecule has 10 heteroatoms. The highest BCUT2D eigenvalue weighted by molar-refractivity contribution is 9.11. The Kier molecular flexibility index (Phi) is 9.87. The number of rotatable bonds is 9. The minimum atomic E-state index is -0.662. The number of carbonyl (C=O) groups is 2. The number of nitrogens with zero attached hydrogens (tertiary/aromatic N) is 2. The Bertz CT molecular complexity index is 1320. The molecule has 0 aliphatic rings. The maximum absolute atomic E-state index is 13.0. The molecule has 0 unspecified atom stereocenters. The minimum absolute atomic E-state index is 0.0149. The van der Waals surface area contributed by atoms with Crippen LogP contribution in [0.1, 0.15) is 35.3 Å². The fourth-order valence-corrected chi connectivity index (χ4v) is 4.57. The predicted octanol–water partition coefficient (Wildman–Crippen LogP) is 5.39. The summed E-state index contributed by atoms with van der Waals surface area (Å²) in [7, 11) is 0. The number of anilines is 1. The van der Waals surface area contributed by atoms with Crippen LogP contribution in [-0.2, 0) is 4.79 Å². The average molecular weight is 630 g/mol. The molecule has 37 heavy (non-hydrogen) atoms. The third-order valence-corrected chi connectivity index (χ3v) is 6.78. The van der Waals surface area contributed by atoms with Gasteiger partial charge >= 0.3 is 0 Å². The van der Waals surface area contributed by atoms with Gasteiger partial charge in [-0.1, -0.05) is 30.3 Å². The van der Waals surface area contributed by atoms with Gasteiger partial charge in [0.25, 0.3) is 11.8 Å². The summed E-state index contributed by atoms with van der Waals surface area (Å²) in [4.78, 5) is 28.0. The maximum atomic E-state index is 13.0. The van der Waals surface area contributed by atoms with E-state index in [1.54, 1.807) is 36.4 Å². The van der Waals surface area contributed by atoms with Crippen LogP contribution in [0.5, 0.6) is 11.5 Å². The second-order valence-electron chi connectivity index (χ2n) is 7.80. The topological polar surface area (TPSA) is 114 Å². The van der Waals surface area contributed by atoms with Gasteiger partial charge in [-0.15, -0.1) is 0 Å². The molecule has 0 aliphatic carbocycles. The predicted molar refractivity (Wildman–Crippen MR) is 153 cm³/mol. The Hall–Kier alpha value is -3.63. The molecule has 0 saturated heterocycles. The fraction of sp³-hybridized carbons (Fsp3) is 0.148. The Morgan fingerprint density at radius 3 is 2.24 bits per heavy atom. The van der Waals surface area contributed by atoms with Crippen LogP contribution in [0.4, 0.5) is 5.69 Å². The van der Waals surface area contributed by atoms with Crippen molar-refractivity contribution in [3.8, 4) is 11.5 Å². The number of halogens is 2. The van der Waals surface area contributed by atoms with Gasteiger partial charge in [-0.2, -0.15) is 5.10 Å². The molecule has 0 fully saturated rings. The number of nitrogens with one attached hydrogen (secondary N) is 2. The molecule has 0 atom stereocenters. The van der Waals surface area contributed by atoms with Crippen molar-refractivity contribution in [3.63, 3.8) is 0 Å². The Balaban J connectivity index is 1.86. The number of amides is 2. The summed E-state index contributed by atoms with van der Waals surface area (Å²) >= 11 is 6.28. The van der Waals surface area contributed by atoms with Crippen LogP contribution in [0.3, 0.4) is 0 Å². The Morgan fingerprint density at radius 1 is 0.973 bits per heavy atom. The molecular formula is C27H26Br2N4O4. The van der Waals surface area contributed by atoms with Gasteiger partial charge < -0.3 is 20.4 Å². The van der Waals surface area contributed by atoms with E-state index in [2.05, 4.69) is 66.5 Å². The molecule has 0 aromatic heterocycles. The van der Waals surface area contributed by atoms with Gasteiger partial charge in [-0.05, 0) is 87.7 Å². The summed E-state index contributed by atoms with van der Waals surface area (Å²) < 4.78 is 0.410. The van der Waals surface area contributed by atoms with Gasteiger partial charge in [-0.25, -0.2) is 5.43 Å². The molecule has 0 bridgehead atoms. The van der Waals surface area contributed by atoms with Crippen molar-refractivity contribution in [3.05, 3.63) is 92.0 Å². The number of aromatic hydroxyl groups is 2. The Morgan fingerprint density at radius 2 is 1.62 bits per heavy atom. The van der Waals surface area contributed by atoms with Crippen molar-refractivity contribution >= 4 is 61.7 Å². The van der Waals surface area contributed by atoms with Gasteiger partial charge in [0, 0.05) is 29.9 Å². The lowest BCUT2D eigenvalue weighted by atomic mass is 10.1. The molecule has 0 aliphatic heterocycles. The maximum Gasteiger partial charge on any atom is 0.287 e. The van der Waals surface area contributed by atoms with E-state index < -0.39 is 11.8 Å². The van der Waals surface area contributed by atoms with E-state index >= 15 is 0 Å². The first-order valence-electron chi connectivity index (χ1n) is 11.4. The highest BCUT2D eigenvalue weighted by Crippen LogP contribution is 2.40. The van der Waals surface area contributed by atoms with E-state index in [0.29, 0.717) is 15.6 Å². The lowest BCUT2D eigenvalue weighted by Crippen LogP contribution is -2.32. The molecule has 0 radical (unpaired) electrons. The third kappa shape index (κ3) is 7.21. The first-order chi connectivity index (χ1) is 17.7. The zero-order valence-corrected chi connectivity index (χ0v) is 23.4. The molecule has 8 nitrogen and oxygen atoms in total. The number of hydrogen-bond acceptors (Lipinski definition) is 6. The Labute approximate surface area is 232 Å². The minimum Gasteiger partial charge on any atom is -0.506 e. The zero-order valence-electron chi connectivity index (χ0n) is 20.2. The molecule has 0 spiro atoms. The van der Waals surface area contributed by atoms with Gasteiger partial charge in [0.2, 0.25) is 0 Å². The first kappa shape index (κ1) is 27.9. The molecule has 3 aromatic rings. The highest BCUT2D eigenvalue weighted by atomic mass is 79.9. The summed E-state index contributed by atoms with van der Waals surface area (Å²) in [6.07, 6.45) is 2.78. The van der Waals surface area contributed by atoms with Crippen LogP contribution in [0, 0.1) is 0 Å². The largest absolute Gasteiger partial charge is 0.506 e. The van der Waals surface area contributed by atoms with Crippen LogP contribution in [0.25, 0.3) is 6.08 Å². The monoisotopic (exact) mass is 628 g/mol. The van der Waals surface area contributed by atoms with Crippen molar-refractivity contribution in [1.29, 1.82) is 0 Å². The molecule has 3 rings (SSSR count). The molecule has 0 heterocycles. The SMILES string of the molecule is CCN(CC)c1ccc(C=C(NC(=O)c2ccccc2)C(=O)NN=Cc2cc(Br)c(O)c(Br)c2O)cc1. The van der Waals surface area contributed by atoms with Crippen molar-refractivity contribution in [2.45, 2.75) is 13.8 Å². The number of hydrazone groups is 1. The van der Waals surface area contributed by atoms with E-state index in [0.717, 1.165) is 18.8 Å². The van der Waals surface area contributed by atoms with Gasteiger partial charge in [0.15, 0.2) is 0 Å². The highest BCUT2D eigenvalue weighted by Gasteiger charge is 2.16. The van der Waals surface area contributed by atoms with E-state index in [4.69, 9.17) is 0 Å². The average Bonchev–Trinajstić information content (AvgIpc) is 2.91. The molecule has 192 valence electrons. The zero-order chi connectivity index (χ0) is 26.9. The van der Waals surface area contributed by atoms with E-state index in [1.807, 2.05) is 24.3 Å². The first-order valence-corrected chi connectivity index (χ1v) is 13.0. The van der Waals surface area contributed by atoms with Crippen LogP contribution < -0.4 is 15.6 Å². The van der Waals surface area contributed by atoms with Crippen molar-refractivity contribution in [2.24, 2.45) is 5.10 Å². The van der Waals surface area contributed by atoms with Gasteiger partial charge in [-0.3, -0.25) is 9.59 Å². The number of phenolic OH excluding ortho intramolecular Hbond substituents is 2. The summed E-state index contributed by atoms with van der Waals surface area (Å²) in [6.45, 7) is 5.89. The molecule has 4 N–H and O–H groups in total. The van der Waals surface area contributed by atoms with Crippen LogP contribution in [0.15, 0.2) is 80.4 Å². The van der Waals surface area contributed by atoms with Gasteiger partial charge in [0.05, 0.1) is 10.7 Å². The smallest absolute Gasteiger partial charge is 0.287 e. The number of carbonyl (C=O) groups excluding carboxylic acids is 2. The molecule has 0 saturated carbocycles. The second-order valence-corrected chi connectivity index (χ2v) is 9.45. The second kappa shape index (κ2) is 13.1. The standard InChI is InChI=1S/C27H26Br2N4O4/c1-3-33(4-2)20-12-10-17(11-13-20)14-22(31-26(36)18-8-6-5-7-9-18)27(37)32-30-16-19-15-21(28)25(35)23(29)24(19)34/h5-16,34-35H,3-4H2,1-2H3,(H,31,36)(H,32,37). The molecular weight excluding hydrogens is 604 g/mol. The lowest BCUT2D eigenvalue weighted by Gasteiger charge is -2.21. The van der Waals surface area contributed by atoms with Crippen molar-refractivity contribution in [1.82, 2.24) is 10.7 Å². The van der Waals surface area contributed by atoms with E-state index in [-0.39, 0.29) is 27.2 Å². The fourth-order valence-electron chi connectivity index (χ4n) is 3.42. The number of hydrogen-bond donors (Lipinski definition) is 4.